The number of Topliss-reactive ketones (excluding diaryl/α,β-unsaturated/α-hetero) is 1. The van der Waals surface area contributed by atoms with Crippen molar-refractivity contribution < 1.29 is 4.79 Å². The van der Waals surface area contributed by atoms with E-state index in [0.717, 1.165) is 11.3 Å². The van der Waals surface area contributed by atoms with Crippen LogP contribution in [0.1, 0.15) is 51.0 Å². The van der Waals surface area contributed by atoms with E-state index in [0.29, 0.717) is 16.7 Å². The fraction of sp³-hybridized carbons (Fsp3) is 0.588. The van der Waals surface area contributed by atoms with Crippen molar-refractivity contribution in [2.24, 2.45) is 0 Å². The maximum Gasteiger partial charge on any atom is 0.212 e. The predicted octanol–water partition coefficient (Wildman–Crippen LogP) is 3.82. The molecule has 1 aliphatic heterocycles. The monoisotopic (exact) mass is 277 g/mol. The Morgan fingerprint density at radius 3 is 1.74 bits per heavy atom. The van der Waals surface area contributed by atoms with Crippen LogP contribution in [-0.2, 0) is 10.9 Å². The summed E-state index contributed by atoms with van der Waals surface area (Å²) < 4.78 is 0. The summed E-state index contributed by atoms with van der Waals surface area (Å²) in [7, 11) is 0.357. The van der Waals surface area contributed by atoms with Gasteiger partial charge in [-0.05, 0) is 86.2 Å². The second-order valence-corrected chi connectivity index (χ2v) is 8.13. The zero-order valence-corrected chi connectivity index (χ0v) is 13.7. The molecule has 0 spiro atoms. The van der Waals surface area contributed by atoms with Crippen molar-refractivity contribution in [1.82, 2.24) is 0 Å². The molecule has 0 atom stereocenters. The Balaban J connectivity index is 2.36. The van der Waals surface area contributed by atoms with E-state index in [1.165, 1.54) is 52.2 Å². The number of benzene rings is 1. The van der Waals surface area contributed by atoms with Crippen LogP contribution >= 0.6 is 0 Å². The molecule has 0 unspecified atom stereocenters. The average Bonchev–Trinajstić information content (AvgIpc) is 2.87. The average molecular weight is 277 g/mol. The zero-order valence-electron chi connectivity index (χ0n) is 12.9. The first-order valence-electron chi connectivity index (χ1n) is 7.17. The summed E-state index contributed by atoms with van der Waals surface area (Å²) in [5, 5.41) is 0. The molecule has 0 N–H and O–H groups in total. The quantitative estimate of drug-likeness (QED) is 0.606. The summed E-state index contributed by atoms with van der Waals surface area (Å²) in [4.78, 5) is 12.7. The van der Waals surface area contributed by atoms with E-state index in [1.807, 2.05) is 0 Å². The van der Waals surface area contributed by atoms with Gasteiger partial charge in [0.1, 0.15) is 11.5 Å². The summed E-state index contributed by atoms with van der Waals surface area (Å²) in [5.41, 5.74) is 7.35. The van der Waals surface area contributed by atoms with Crippen LogP contribution < -0.4 is 0 Å². The van der Waals surface area contributed by atoms with Crippen LogP contribution in [0.2, 0.25) is 0 Å². The van der Waals surface area contributed by atoms with E-state index < -0.39 is 0 Å². The molecule has 1 aromatic carbocycles. The summed E-state index contributed by atoms with van der Waals surface area (Å²) in [6, 6.07) is 0. The Kier molecular flexibility index (Phi) is 4.39. The third kappa shape index (κ3) is 2.74. The number of ketones is 1. The summed E-state index contributed by atoms with van der Waals surface area (Å²) in [6.07, 6.45) is 2.64. The Labute approximate surface area is 120 Å². The number of hydrogen-bond donors (Lipinski definition) is 0. The number of hydrogen-bond acceptors (Lipinski definition) is 1. The minimum absolute atomic E-state index is 0.357. The summed E-state index contributed by atoms with van der Waals surface area (Å²) >= 11 is 0. The second-order valence-electron chi connectivity index (χ2n) is 5.80. The Bertz CT molecular complexity index is 481. The van der Waals surface area contributed by atoms with Gasteiger partial charge in [-0.3, -0.25) is 4.79 Å². The van der Waals surface area contributed by atoms with Gasteiger partial charge in [-0.15, -0.1) is 0 Å². The van der Waals surface area contributed by atoms with Crippen LogP contribution in [-0.4, -0.2) is 23.0 Å². The van der Waals surface area contributed by atoms with Crippen molar-refractivity contribution in [3.8, 4) is 0 Å². The zero-order chi connectivity index (χ0) is 14.2. The Hall–Kier alpha value is -0.760. The van der Waals surface area contributed by atoms with Gasteiger partial charge in [0.05, 0.1) is 0 Å². The van der Waals surface area contributed by atoms with Crippen molar-refractivity contribution in [2.75, 3.05) is 17.3 Å². The Morgan fingerprint density at radius 1 is 0.842 bits per heavy atom. The SMILES string of the molecule is Cc1c(C)c(C)c(C(=O)C[S+]2CCCC2)c(C)c1C. The lowest BCUT2D eigenvalue weighted by atomic mass is 9.88. The highest BCUT2D eigenvalue weighted by molar-refractivity contribution is 7.97. The molecule has 19 heavy (non-hydrogen) atoms. The molecule has 0 radical (unpaired) electrons. The number of carbonyl (C=O) groups is 1. The highest BCUT2D eigenvalue weighted by atomic mass is 32.2. The van der Waals surface area contributed by atoms with Crippen molar-refractivity contribution in [3.63, 3.8) is 0 Å². The van der Waals surface area contributed by atoms with Crippen LogP contribution in [0.5, 0.6) is 0 Å². The molecule has 1 aliphatic rings. The van der Waals surface area contributed by atoms with Crippen LogP contribution in [0.15, 0.2) is 0 Å². The largest absolute Gasteiger partial charge is 0.289 e. The minimum atomic E-state index is 0.357. The molecule has 0 bridgehead atoms. The van der Waals surface area contributed by atoms with Gasteiger partial charge in [0, 0.05) is 5.56 Å². The van der Waals surface area contributed by atoms with Gasteiger partial charge in [-0.2, -0.15) is 0 Å². The molecule has 1 fully saturated rings. The van der Waals surface area contributed by atoms with Gasteiger partial charge in [0.15, 0.2) is 5.75 Å². The molecule has 1 nitrogen and oxygen atoms in total. The van der Waals surface area contributed by atoms with E-state index in [1.54, 1.807) is 0 Å². The number of carbonyl (C=O) groups excluding carboxylic acids is 1. The molecule has 0 aliphatic carbocycles. The molecule has 2 rings (SSSR count). The van der Waals surface area contributed by atoms with Gasteiger partial charge < -0.3 is 0 Å². The van der Waals surface area contributed by atoms with Crippen LogP contribution in [0, 0.1) is 34.6 Å². The molecule has 0 saturated carbocycles. The lowest BCUT2D eigenvalue weighted by molar-refractivity contribution is 0.102. The predicted molar refractivity (Wildman–Crippen MR) is 85.7 cm³/mol. The normalized spacial score (nSPS) is 16.1. The third-order valence-corrected chi connectivity index (χ3v) is 7.13. The van der Waals surface area contributed by atoms with Crippen molar-refractivity contribution in [2.45, 2.75) is 47.5 Å². The summed E-state index contributed by atoms with van der Waals surface area (Å²) in [6.45, 7) is 10.7. The Morgan fingerprint density at radius 2 is 1.26 bits per heavy atom. The van der Waals surface area contributed by atoms with Gasteiger partial charge in [0.2, 0.25) is 5.78 Å². The lowest BCUT2D eigenvalue weighted by Gasteiger charge is -2.17. The molecule has 1 saturated heterocycles. The van der Waals surface area contributed by atoms with Crippen molar-refractivity contribution in [1.29, 1.82) is 0 Å². The maximum absolute atomic E-state index is 12.7. The van der Waals surface area contributed by atoms with Crippen LogP contribution in [0.25, 0.3) is 0 Å². The van der Waals surface area contributed by atoms with Gasteiger partial charge in [-0.25, -0.2) is 0 Å². The smallest absolute Gasteiger partial charge is 0.212 e. The van der Waals surface area contributed by atoms with Gasteiger partial charge in [0.25, 0.3) is 0 Å². The third-order valence-electron chi connectivity index (χ3n) is 4.73. The van der Waals surface area contributed by atoms with E-state index in [4.69, 9.17) is 0 Å². The molecular formula is C17H25OS+. The fourth-order valence-electron chi connectivity index (χ4n) is 3.03. The fourth-order valence-corrected chi connectivity index (χ4v) is 5.27. The first kappa shape index (κ1) is 14.6. The van der Waals surface area contributed by atoms with E-state index >= 15 is 0 Å². The molecule has 104 valence electrons. The first-order valence-corrected chi connectivity index (χ1v) is 8.91. The second kappa shape index (κ2) is 5.70. The maximum atomic E-state index is 12.7. The van der Waals surface area contributed by atoms with Crippen molar-refractivity contribution in [3.05, 3.63) is 33.4 Å². The lowest BCUT2D eigenvalue weighted by Crippen LogP contribution is -2.20. The molecule has 0 aromatic heterocycles. The van der Waals surface area contributed by atoms with Gasteiger partial charge >= 0.3 is 0 Å². The van der Waals surface area contributed by atoms with Crippen molar-refractivity contribution >= 4 is 16.7 Å². The molecule has 0 amide bonds. The summed E-state index contributed by atoms with van der Waals surface area (Å²) in [5.74, 6) is 3.71. The first-order chi connectivity index (χ1) is 8.93. The topological polar surface area (TPSA) is 17.1 Å². The highest BCUT2D eigenvalue weighted by Crippen LogP contribution is 2.27. The number of rotatable bonds is 3. The molecule has 2 heteroatoms. The highest BCUT2D eigenvalue weighted by Gasteiger charge is 2.29. The van der Waals surface area contributed by atoms with Gasteiger partial charge in [-0.1, -0.05) is 0 Å². The van der Waals surface area contributed by atoms with Crippen LogP contribution in [0.3, 0.4) is 0 Å². The van der Waals surface area contributed by atoms with E-state index in [2.05, 4.69) is 34.6 Å². The van der Waals surface area contributed by atoms with E-state index in [9.17, 15) is 4.79 Å². The molecular weight excluding hydrogens is 252 g/mol. The molecule has 1 aromatic rings. The van der Waals surface area contributed by atoms with Crippen LogP contribution in [0.4, 0.5) is 0 Å². The van der Waals surface area contributed by atoms with E-state index in [-0.39, 0.29) is 0 Å². The standard InChI is InChI=1S/C17H25OS/c1-11-12(2)14(4)17(15(5)13(11)3)16(18)10-19-8-6-7-9-19/h6-10H2,1-5H3/q+1. The molecule has 1 heterocycles. The minimum Gasteiger partial charge on any atom is -0.289 e.